The lowest BCUT2D eigenvalue weighted by Gasteiger charge is -2.27. The molecule has 1 fully saturated rings. The van der Waals surface area contributed by atoms with Gasteiger partial charge in [-0.3, -0.25) is 0 Å². The van der Waals surface area contributed by atoms with Gasteiger partial charge in [0.1, 0.15) is 0 Å². The van der Waals surface area contributed by atoms with Gasteiger partial charge in [0, 0.05) is 12.1 Å². The molecular formula is C12H20N2OS. The van der Waals surface area contributed by atoms with E-state index >= 15 is 0 Å². The first-order valence-corrected chi connectivity index (χ1v) is 6.84. The molecule has 0 bridgehead atoms. The molecule has 16 heavy (non-hydrogen) atoms. The molecule has 90 valence electrons. The number of aliphatic hydroxyl groups is 1. The van der Waals surface area contributed by atoms with Crippen LogP contribution in [0.5, 0.6) is 0 Å². The molecule has 2 unspecified atom stereocenters. The minimum atomic E-state index is 0.114. The third kappa shape index (κ3) is 1.96. The molecule has 4 heteroatoms. The Morgan fingerprint density at radius 3 is 2.81 bits per heavy atom. The van der Waals surface area contributed by atoms with Crippen molar-refractivity contribution in [2.75, 3.05) is 4.90 Å². The molecule has 1 aromatic heterocycles. The number of aryl methyl sites for hydroxylation is 1. The number of thiazole rings is 1. The van der Waals surface area contributed by atoms with Crippen molar-refractivity contribution in [1.29, 1.82) is 0 Å². The summed E-state index contributed by atoms with van der Waals surface area (Å²) in [6.07, 6.45) is 3.70. The highest BCUT2D eigenvalue weighted by Crippen LogP contribution is 2.35. The van der Waals surface area contributed by atoms with Crippen molar-refractivity contribution in [1.82, 2.24) is 4.98 Å². The van der Waals surface area contributed by atoms with Crippen LogP contribution in [0, 0.1) is 6.92 Å². The molecule has 1 aliphatic rings. The van der Waals surface area contributed by atoms with E-state index < -0.39 is 0 Å². The molecule has 0 saturated carbocycles. The summed E-state index contributed by atoms with van der Waals surface area (Å²) in [5, 5.41) is 10.3. The number of anilines is 1. The second-order valence-electron chi connectivity index (χ2n) is 4.56. The normalized spacial score (nSPS) is 25.4. The number of hydrogen-bond acceptors (Lipinski definition) is 4. The number of nitrogens with zero attached hydrogens (tertiary/aromatic N) is 2. The van der Waals surface area contributed by atoms with Crippen LogP contribution in [0.4, 0.5) is 5.13 Å². The monoisotopic (exact) mass is 240 g/mol. The Kier molecular flexibility index (Phi) is 3.50. The van der Waals surface area contributed by atoms with Gasteiger partial charge in [-0.2, -0.15) is 0 Å². The predicted molar refractivity (Wildman–Crippen MR) is 68.0 cm³/mol. The van der Waals surface area contributed by atoms with Crippen molar-refractivity contribution in [3.63, 3.8) is 0 Å². The van der Waals surface area contributed by atoms with E-state index in [0.29, 0.717) is 12.1 Å². The number of rotatable bonds is 3. The van der Waals surface area contributed by atoms with Crippen molar-refractivity contribution in [3.05, 3.63) is 10.6 Å². The first kappa shape index (κ1) is 11.9. The van der Waals surface area contributed by atoms with Gasteiger partial charge in [-0.1, -0.05) is 18.3 Å². The number of hydrogen-bond donors (Lipinski definition) is 1. The van der Waals surface area contributed by atoms with E-state index in [1.807, 2.05) is 6.92 Å². The average Bonchev–Trinajstić information content (AvgIpc) is 2.81. The van der Waals surface area contributed by atoms with E-state index in [1.165, 1.54) is 19.3 Å². The van der Waals surface area contributed by atoms with Crippen LogP contribution in [-0.4, -0.2) is 22.2 Å². The Bertz CT molecular complexity index is 364. The summed E-state index contributed by atoms with van der Waals surface area (Å²) >= 11 is 1.64. The van der Waals surface area contributed by atoms with Gasteiger partial charge in [0.05, 0.1) is 17.2 Å². The predicted octanol–water partition coefficient (Wildman–Crippen LogP) is 2.71. The Morgan fingerprint density at radius 1 is 1.50 bits per heavy atom. The summed E-state index contributed by atoms with van der Waals surface area (Å²) in [7, 11) is 0. The van der Waals surface area contributed by atoms with Gasteiger partial charge in [-0.15, -0.1) is 0 Å². The summed E-state index contributed by atoms with van der Waals surface area (Å²) in [5.41, 5.74) is 0.983. The molecule has 0 aromatic carbocycles. The maximum absolute atomic E-state index is 9.22. The topological polar surface area (TPSA) is 36.4 Å². The van der Waals surface area contributed by atoms with Crippen molar-refractivity contribution in [2.24, 2.45) is 0 Å². The zero-order chi connectivity index (χ0) is 11.7. The lowest BCUT2D eigenvalue weighted by atomic mass is 10.2. The molecule has 0 aliphatic carbocycles. The van der Waals surface area contributed by atoms with E-state index in [0.717, 1.165) is 15.7 Å². The van der Waals surface area contributed by atoms with Gasteiger partial charge in [0.25, 0.3) is 0 Å². The average molecular weight is 240 g/mol. The maximum Gasteiger partial charge on any atom is 0.186 e. The van der Waals surface area contributed by atoms with Crippen molar-refractivity contribution >= 4 is 16.5 Å². The van der Waals surface area contributed by atoms with Crippen LogP contribution >= 0.6 is 11.3 Å². The van der Waals surface area contributed by atoms with Crippen LogP contribution in [0.15, 0.2) is 0 Å². The molecule has 3 nitrogen and oxygen atoms in total. The zero-order valence-electron chi connectivity index (χ0n) is 10.2. The van der Waals surface area contributed by atoms with Crippen LogP contribution in [0.25, 0.3) is 0 Å². The third-order valence-corrected chi connectivity index (χ3v) is 4.66. The van der Waals surface area contributed by atoms with Crippen molar-refractivity contribution in [3.8, 4) is 0 Å². The van der Waals surface area contributed by atoms with E-state index in [2.05, 4.69) is 23.7 Å². The van der Waals surface area contributed by atoms with Crippen molar-refractivity contribution in [2.45, 2.75) is 58.7 Å². The molecule has 2 atom stereocenters. The highest BCUT2D eigenvalue weighted by atomic mass is 32.1. The molecule has 0 amide bonds. The van der Waals surface area contributed by atoms with Gasteiger partial charge < -0.3 is 10.0 Å². The molecule has 0 spiro atoms. The van der Waals surface area contributed by atoms with Crippen molar-refractivity contribution < 1.29 is 5.11 Å². The molecule has 1 aromatic rings. The van der Waals surface area contributed by atoms with Crippen LogP contribution in [0.3, 0.4) is 0 Å². The highest BCUT2D eigenvalue weighted by molar-refractivity contribution is 7.15. The maximum atomic E-state index is 9.22. The second-order valence-corrected chi connectivity index (χ2v) is 5.62. The minimum Gasteiger partial charge on any atom is -0.391 e. The second kappa shape index (κ2) is 4.72. The van der Waals surface area contributed by atoms with Crippen LogP contribution < -0.4 is 4.90 Å². The molecule has 2 rings (SSSR count). The standard InChI is InChI=1S/C12H20N2OS/c1-4-10-6-5-8(2)14(10)12-13-9(3)11(7-15)16-12/h8,10,15H,4-7H2,1-3H3. The highest BCUT2D eigenvalue weighted by Gasteiger charge is 2.31. The van der Waals surface area contributed by atoms with E-state index in [-0.39, 0.29) is 6.61 Å². The molecule has 1 N–H and O–H groups in total. The Hall–Kier alpha value is -0.610. The first-order chi connectivity index (χ1) is 7.67. The summed E-state index contributed by atoms with van der Waals surface area (Å²) in [5.74, 6) is 0. The summed E-state index contributed by atoms with van der Waals surface area (Å²) in [6.45, 7) is 6.60. The largest absolute Gasteiger partial charge is 0.391 e. The smallest absolute Gasteiger partial charge is 0.186 e. The summed E-state index contributed by atoms with van der Waals surface area (Å²) in [4.78, 5) is 8.04. The SMILES string of the molecule is CCC1CCC(C)N1c1nc(C)c(CO)s1. The molecule has 0 radical (unpaired) electrons. The molecule has 1 aliphatic heterocycles. The van der Waals surface area contributed by atoms with Gasteiger partial charge in [0.2, 0.25) is 0 Å². The lowest BCUT2D eigenvalue weighted by Crippen LogP contribution is -2.33. The van der Waals surface area contributed by atoms with Gasteiger partial charge >= 0.3 is 0 Å². The first-order valence-electron chi connectivity index (χ1n) is 6.02. The van der Waals surface area contributed by atoms with Crippen LogP contribution in [0.2, 0.25) is 0 Å². The fraction of sp³-hybridized carbons (Fsp3) is 0.750. The Balaban J connectivity index is 2.27. The van der Waals surface area contributed by atoms with Gasteiger partial charge in [-0.05, 0) is 33.1 Å². The summed E-state index contributed by atoms with van der Waals surface area (Å²) in [6, 6.07) is 1.22. The molecule has 1 saturated heterocycles. The van der Waals surface area contributed by atoms with E-state index in [4.69, 9.17) is 0 Å². The molecular weight excluding hydrogens is 220 g/mol. The Labute approximate surface area is 101 Å². The lowest BCUT2D eigenvalue weighted by molar-refractivity contribution is 0.284. The Morgan fingerprint density at radius 2 is 2.25 bits per heavy atom. The van der Waals surface area contributed by atoms with Crippen LogP contribution in [0.1, 0.15) is 43.7 Å². The zero-order valence-corrected chi connectivity index (χ0v) is 11.0. The van der Waals surface area contributed by atoms with Gasteiger partial charge in [-0.25, -0.2) is 4.98 Å². The van der Waals surface area contributed by atoms with Crippen LogP contribution in [-0.2, 0) is 6.61 Å². The fourth-order valence-electron chi connectivity index (χ4n) is 2.49. The molecule has 2 heterocycles. The minimum absolute atomic E-state index is 0.114. The third-order valence-electron chi connectivity index (χ3n) is 3.50. The van der Waals surface area contributed by atoms with E-state index in [9.17, 15) is 5.11 Å². The number of aliphatic hydroxyl groups excluding tert-OH is 1. The summed E-state index contributed by atoms with van der Waals surface area (Å²) < 4.78 is 0. The van der Waals surface area contributed by atoms with Gasteiger partial charge in [0.15, 0.2) is 5.13 Å². The fourth-order valence-corrected chi connectivity index (χ4v) is 3.58. The van der Waals surface area contributed by atoms with E-state index in [1.54, 1.807) is 11.3 Å². The number of aromatic nitrogens is 1. The quantitative estimate of drug-likeness (QED) is 0.882.